The van der Waals surface area contributed by atoms with Crippen LogP contribution in [0.15, 0.2) is 11.8 Å². The molecule has 1 saturated carbocycles. The van der Waals surface area contributed by atoms with Crippen LogP contribution < -0.4 is 27.4 Å². The Morgan fingerprint density at radius 2 is 2.05 bits per heavy atom. The number of carbonyl (C=O) groups is 1. The summed E-state index contributed by atoms with van der Waals surface area (Å²) in [6, 6.07) is -1.37. The molecule has 0 bridgehead atoms. The Morgan fingerprint density at radius 3 is 2.74 bits per heavy atom. The van der Waals surface area contributed by atoms with Crippen LogP contribution in [0.2, 0.25) is 0 Å². The number of hydrogen-bond acceptors (Lipinski definition) is 12. The second-order valence-corrected chi connectivity index (χ2v) is 11.3. The van der Waals surface area contributed by atoms with Gasteiger partial charge in [-0.05, 0) is 50.8 Å². The van der Waals surface area contributed by atoms with Crippen molar-refractivity contribution in [3.8, 4) is 0 Å². The summed E-state index contributed by atoms with van der Waals surface area (Å²) < 4.78 is 24.1. The van der Waals surface area contributed by atoms with E-state index in [1.54, 1.807) is 0 Å². The van der Waals surface area contributed by atoms with Crippen molar-refractivity contribution in [2.75, 3.05) is 39.3 Å². The van der Waals surface area contributed by atoms with Crippen molar-refractivity contribution in [3.05, 3.63) is 11.8 Å². The van der Waals surface area contributed by atoms with Gasteiger partial charge in [-0.1, -0.05) is 6.92 Å². The molecular weight excluding hydrogens is 510 g/mol. The number of nitrogens with two attached hydrogens (primary N) is 2. The molecule has 13 heteroatoms. The number of amides is 1. The lowest BCUT2D eigenvalue weighted by Gasteiger charge is -2.46. The van der Waals surface area contributed by atoms with Gasteiger partial charge in [0.15, 0.2) is 12.6 Å². The number of aliphatic hydroxyl groups excluding tert-OH is 3. The van der Waals surface area contributed by atoms with Crippen molar-refractivity contribution < 1.29 is 39.1 Å². The lowest BCUT2D eigenvalue weighted by Crippen LogP contribution is -2.67. The minimum absolute atomic E-state index is 0.165. The van der Waals surface area contributed by atoms with Gasteiger partial charge < -0.3 is 61.7 Å². The van der Waals surface area contributed by atoms with E-state index in [0.29, 0.717) is 45.6 Å². The fourth-order valence-corrected chi connectivity index (χ4v) is 5.48. The first kappa shape index (κ1) is 30.6. The molecule has 0 aromatic heterocycles. The van der Waals surface area contributed by atoms with Crippen LogP contribution in [0.3, 0.4) is 0 Å². The standard InChI is InChI=1S/C26H47N5O8/c1-14-8-19(32)26(36-13-14)39-24-18(31-25(35)21(33)15-10-30-11-15)9-17(28)23(22(24)34)38-20-5-2-4-16(37-20)12-29-7-3-6-27/h4,14-15,17-24,26,29-30,32-34H,2-3,5-13,27-28H2,1H3,(H,31,35)/t14-,17-,18+,19+,20+,21?,22-,23+,24-,26+/m0/s1. The van der Waals surface area contributed by atoms with Crippen molar-refractivity contribution in [3.63, 3.8) is 0 Å². The van der Waals surface area contributed by atoms with E-state index >= 15 is 0 Å². The summed E-state index contributed by atoms with van der Waals surface area (Å²) in [7, 11) is 0. The van der Waals surface area contributed by atoms with E-state index in [0.717, 1.165) is 25.1 Å². The van der Waals surface area contributed by atoms with Crippen LogP contribution in [0.1, 0.15) is 39.0 Å². The first-order chi connectivity index (χ1) is 18.8. The molecule has 224 valence electrons. The van der Waals surface area contributed by atoms with Crippen molar-refractivity contribution in [2.45, 2.75) is 94.2 Å². The largest absolute Gasteiger partial charge is 0.468 e. The Hall–Kier alpha value is -1.39. The van der Waals surface area contributed by atoms with Crippen molar-refractivity contribution in [2.24, 2.45) is 23.3 Å². The van der Waals surface area contributed by atoms with Gasteiger partial charge in [-0.25, -0.2) is 0 Å². The maximum Gasteiger partial charge on any atom is 0.249 e. The number of ether oxygens (including phenoxy) is 4. The number of carbonyl (C=O) groups excluding carboxylic acids is 1. The van der Waals surface area contributed by atoms with Crippen LogP contribution in [-0.4, -0.2) is 116 Å². The maximum atomic E-state index is 12.8. The molecule has 0 spiro atoms. The van der Waals surface area contributed by atoms with Crippen molar-refractivity contribution in [1.82, 2.24) is 16.0 Å². The fraction of sp³-hybridized carbons (Fsp3) is 0.885. The predicted molar refractivity (Wildman–Crippen MR) is 141 cm³/mol. The van der Waals surface area contributed by atoms with E-state index in [9.17, 15) is 20.1 Å². The number of aliphatic hydroxyl groups is 3. The SMILES string of the molecule is C[C@@H]1CO[C@H](O[C@@H]2[C@@H](O)[C@H](O[C@@H]3CCC=C(CNCCCN)O3)[C@@H](N)C[C@H]2NC(=O)C(O)C2CNC2)[C@H](O)C1. The second-order valence-electron chi connectivity index (χ2n) is 11.3. The van der Waals surface area contributed by atoms with Gasteiger partial charge in [-0.3, -0.25) is 4.79 Å². The molecule has 2 saturated heterocycles. The smallest absolute Gasteiger partial charge is 0.249 e. The zero-order valence-corrected chi connectivity index (χ0v) is 22.7. The Balaban J connectivity index is 1.41. The molecule has 10 atom stereocenters. The molecule has 3 aliphatic heterocycles. The van der Waals surface area contributed by atoms with E-state index in [1.807, 2.05) is 13.0 Å². The normalized spacial score (nSPS) is 38.3. The van der Waals surface area contributed by atoms with Gasteiger partial charge in [0, 0.05) is 31.5 Å². The third kappa shape index (κ3) is 8.09. The predicted octanol–water partition coefficient (Wildman–Crippen LogP) is -2.38. The molecule has 1 amide bonds. The highest BCUT2D eigenvalue weighted by atomic mass is 16.7. The first-order valence-electron chi connectivity index (χ1n) is 14.3. The zero-order valence-electron chi connectivity index (χ0n) is 22.7. The molecule has 0 aromatic rings. The van der Waals surface area contributed by atoms with E-state index in [4.69, 9.17) is 30.4 Å². The molecule has 3 fully saturated rings. The van der Waals surface area contributed by atoms with Gasteiger partial charge in [0.2, 0.25) is 5.91 Å². The fourth-order valence-electron chi connectivity index (χ4n) is 5.48. The zero-order chi connectivity index (χ0) is 27.9. The molecule has 4 aliphatic rings. The van der Waals surface area contributed by atoms with E-state index < -0.39 is 61.1 Å². The third-order valence-electron chi connectivity index (χ3n) is 7.89. The molecule has 13 nitrogen and oxygen atoms in total. The quantitative estimate of drug-likeness (QED) is 0.119. The molecule has 3 heterocycles. The van der Waals surface area contributed by atoms with Gasteiger partial charge in [0.1, 0.15) is 36.3 Å². The Bertz CT molecular complexity index is 817. The van der Waals surface area contributed by atoms with Gasteiger partial charge in [0.25, 0.3) is 0 Å². The molecular formula is C26H47N5O8. The summed E-state index contributed by atoms with van der Waals surface area (Å²) in [5, 5.41) is 41.6. The van der Waals surface area contributed by atoms with E-state index in [-0.39, 0.29) is 18.3 Å². The molecule has 10 N–H and O–H groups in total. The Labute approximate surface area is 229 Å². The molecule has 0 radical (unpaired) electrons. The maximum absolute atomic E-state index is 12.8. The highest BCUT2D eigenvalue weighted by molar-refractivity contribution is 5.81. The summed E-state index contributed by atoms with van der Waals surface area (Å²) in [6.45, 7) is 5.42. The average molecular weight is 558 g/mol. The van der Waals surface area contributed by atoms with Crippen LogP contribution in [-0.2, 0) is 23.7 Å². The molecule has 0 aromatic carbocycles. The van der Waals surface area contributed by atoms with Crippen LogP contribution >= 0.6 is 0 Å². The third-order valence-corrected chi connectivity index (χ3v) is 7.89. The number of rotatable bonds is 12. The molecule has 39 heavy (non-hydrogen) atoms. The highest BCUT2D eigenvalue weighted by Gasteiger charge is 2.49. The van der Waals surface area contributed by atoms with Gasteiger partial charge >= 0.3 is 0 Å². The van der Waals surface area contributed by atoms with Crippen LogP contribution in [0.25, 0.3) is 0 Å². The van der Waals surface area contributed by atoms with Crippen molar-refractivity contribution in [1.29, 1.82) is 0 Å². The Morgan fingerprint density at radius 1 is 1.26 bits per heavy atom. The topological polar surface area (TPSA) is 203 Å². The lowest BCUT2D eigenvalue weighted by atomic mass is 9.83. The summed E-state index contributed by atoms with van der Waals surface area (Å²) in [5.41, 5.74) is 12.0. The van der Waals surface area contributed by atoms with Crippen LogP contribution in [0.4, 0.5) is 0 Å². The molecule has 1 unspecified atom stereocenters. The van der Waals surface area contributed by atoms with Gasteiger partial charge in [0.05, 0.1) is 19.2 Å². The van der Waals surface area contributed by atoms with Crippen molar-refractivity contribution >= 4 is 5.91 Å². The number of nitrogens with one attached hydrogen (secondary N) is 3. The second kappa shape index (κ2) is 14.5. The summed E-state index contributed by atoms with van der Waals surface area (Å²) in [5.74, 6) is 0.193. The molecule has 1 aliphatic carbocycles. The monoisotopic (exact) mass is 557 g/mol. The first-order valence-corrected chi connectivity index (χ1v) is 14.3. The number of hydrogen-bond donors (Lipinski definition) is 8. The highest BCUT2D eigenvalue weighted by Crippen LogP contribution is 2.31. The minimum Gasteiger partial charge on any atom is -0.468 e. The summed E-state index contributed by atoms with van der Waals surface area (Å²) in [6.07, 6.45) is -1.82. The van der Waals surface area contributed by atoms with Crippen LogP contribution in [0, 0.1) is 11.8 Å². The lowest BCUT2D eigenvalue weighted by molar-refractivity contribution is -0.282. The number of allylic oxidation sites excluding steroid dienone is 1. The van der Waals surface area contributed by atoms with E-state index in [2.05, 4.69) is 16.0 Å². The Kier molecular flexibility index (Phi) is 11.4. The minimum atomic E-state index is -1.25. The summed E-state index contributed by atoms with van der Waals surface area (Å²) in [4.78, 5) is 12.8. The summed E-state index contributed by atoms with van der Waals surface area (Å²) >= 11 is 0. The average Bonchev–Trinajstić information content (AvgIpc) is 2.87. The van der Waals surface area contributed by atoms with Gasteiger partial charge in [-0.15, -0.1) is 0 Å². The van der Waals surface area contributed by atoms with Gasteiger partial charge in [-0.2, -0.15) is 0 Å². The van der Waals surface area contributed by atoms with Crippen LogP contribution in [0.5, 0.6) is 0 Å². The van der Waals surface area contributed by atoms with E-state index in [1.165, 1.54) is 0 Å². The molecule has 4 rings (SSSR count).